The van der Waals surface area contributed by atoms with Crippen molar-refractivity contribution in [2.75, 3.05) is 0 Å². The molecule has 0 aliphatic rings. The van der Waals surface area contributed by atoms with Crippen LogP contribution in [-0.4, -0.2) is 15.7 Å². The number of nitrogens with one attached hydrogen (secondary N) is 1. The summed E-state index contributed by atoms with van der Waals surface area (Å²) < 4.78 is 1.57. The maximum atomic E-state index is 11.8. The Morgan fingerprint density at radius 1 is 1.44 bits per heavy atom. The molecule has 1 amide bonds. The molecule has 0 aliphatic carbocycles. The number of aryl methyl sites for hydroxylation is 1. The molecule has 0 saturated carbocycles. The number of hydrogen-bond acceptors (Lipinski definition) is 2. The number of benzene rings is 1. The Balaban J connectivity index is 2.01. The first kappa shape index (κ1) is 12.9. The number of carbonyl (C=O) groups excluding carboxylic acids is 1. The molecule has 6 heteroatoms. The maximum absolute atomic E-state index is 11.8. The molecule has 1 aromatic heterocycles. The normalized spacial score (nSPS) is 10.4. The molecule has 18 heavy (non-hydrogen) atoms. The van der Waals surface area contributed by atoms with E-state index in [0.717, 1.165) is 5.56 Å². The topological polar surface area (TPSA) is 46.9 Å². The Hall–Kier alpha value is -1.52. The van der Waals surface area contributed by atoms with Gasteiger partial charge in [0.05, 0.1) is 11.8 Å². The molecule has 0 aliphatic heterocycles. The van der Waals surface area contributed by atoms with Gasteiger partial charge in [0, 0.05) is 29.8 Å². The molecule has 0 bridgehead atoms. The van der Waals surface area contributed by atoms with E-state index in [0.29, 0.717) is 22.2 Å². The molecule has 4 nitrogen and oxygen atoms in total. The Kier molecular flexibility index (Phi) is 3.89. The largest absolute Gasteiger partial charge is 0.348 e. The van der Waals surface area contributed by atoms with Crippen LogP contribution in [0.2, 0.25) is 10.0 Å². The molecule has 0 unspecified atom stereocenters. The monoisotopic (exact) mass is 283 g/mol. The highest BCUT2D eigenvalue weighted by atomic mass is 35.5. The first-order valence-electron chi connectivity index (χ1n) is 5.27. The molecule has 0 fully saturated rings. The second-order valence-corrected chi connectivity index (χ2v) is 4.66. The van der Waals surface area contributed by atoms with Gasteiger partial charge >= 0.3 is 0 Å². The third-order valence-corrected chi connectivity index (χ3v) is 3.01. The standard InChI is InChI=1S/C12H11Cl2N3O/c1-17-7-9(6-16-17)12(18)15-5-8-2-3-10(13)4-11(8)14/h2-4,6-7H,5H2,1H3,(H,15,18). The fourth-order valence-electron chi connectivity index (χ4n) is 1.48. The Morgan fingerprint density at radius 3 is 2.83 bits per heavy atom. The zero-order chi connectivity index (χ0) is 13.1. The summed E-state index contributed by atoms with van der Waals surface area (Å²) in [5.41, 5.74) is 1.33. The molecule has 1 N–H and O–H groups in total. The molecular weight excluding hydrogens is 273 g/mol. The molecule has 1 aromatic carbocycles. The van der Waals surface area contributed by atoms with E-state index in [1.165, 1.54) is 6.20 Å². The quantitative estimate of drug-likeness (QED) is 0.941. The number of hydrogen-bond donors (Lipinski definition) is 1. The minimum Gasteiger partial charge on any atom is -0.348 e. The van der Waals surface area contributed by atoms with Gasteiger partial charge in [-0.15, -0.1) is 0 Å². The van der Waals surface area contributed by atoms with Gasteiger partial charge in [0.2, 0.25) is 0 Å². The summed E-state index contributed by atoms with van der Waals surface area (Å²) in [5, 5.41) is 7.81. The third-order valence-electron chi connectivity index (χ3n) is 2.42. The second kappa shape index (κ2) is 5.42. The summed E-state index contributed by atoms with van der Waals surface area (Å²) in [6.07, 6.45) is 3.16. The molecule has 0 atom stereocenters. The average molecular weight is 284 g/mol. The molecule has 0 radical (unpaired) electrons. The molecule has 2 aromatic rings. The highest BCUT2D eigenvalue weighted by Crippen LogP contribution is 2.20. The number of carbonyl (C=O) groups is 1. The number of rotatable bonds is 3. The van der Waals surface area contributed by atoms with E-state index >= 15 is 0 Å². The molecule has 0 spiro atoms. The first-order chi connectivity index (χ1) is 8.56. The fraction of sp³-hybridized carbons (Fsp3) is 0.167. The molecule has 94 valence electrons. The SMILES string of the molecule is Cn1cc(C(=O)NCc2ccc(Cl)cc2Cl)cn1. The zero-order valence-electron chi connectivity index (χ0n) is 9.65. The van der Waals surface area contributed by atoms with Gasteiger partial charge in [0.1, 0.15) is 0 Å². The van der Waals surface area contributed by atoms with Gasteiger partial charge in [0.25, 0.3) is 5.91 Å². The number of aromatic nitrogens is 2. The van der Waals surface area contributed by atoms with Gasteiger partial charge in [0.15, 0.2) is 0 Å². The van der Waals surface area contributed by atoms with E-state index in [1.807, 2.05) is 0 Å². The van der Waals surface area contributed by atoms with Gasteiger partial charge in [-0.1, -0.05) is 29.3 Å². The summed E-state index contributed by atoms with van der Waals surface area (Å²) in [7, 11) is 1.76. The number of halogens is 2. The molecule has 1 heterocycles. The van der Waals surface area contributed by atoms with Crippen molar-refractivity contribution in [3.63, 3.8) is 0 Å². The van der Waals surface area contributed by atoms with E-state index in [1.54, 1.807) is 36.1 Å². The van der Waals surface area contributed by atoms with Crippen molar-refractivity contribution < 1.29 is 4.79 Å². The van der Waals surface area contributed by atoms with Gasteiger partial charge < -0.3 is 5.32 Å². The van der Waals surface area contributed by atoms with Crippen molar-refractivity contribution >= 4 is 29.1 Å². The predicted molar refractivity (Wildman–Crippen MR) is 70.8 cm³/mol. The summed E-state index contributed by atoms with van der Waals surface area (Å²) in [5.74, 6) is -0.186. The van der Waals surface area contributed by atoms with Crippen LogP contribution in [0.1, 0.15) is 15.9 Å². The maximum Gasteiger partial charge on any atom is 0.254 e. The lowest BCUT2D eigenvalue weighted by atomic mass is 10.2. The van der Waals surface area contributed by atoms with E-state index in [4.69, 9.17) is 23.2 Å². The summed E-state index contributed by atoms with van der Waals surface area (Å²) in [4.78, 5) is 11.8. The van der Waals surface area contributed by atoms with Gasteiger partial charge in [-0.05, 0) is 17.7 Å². The lowest BCUT2D eigenvalue weighted by molar-refractivity contribution is 0.0951. The smallest absolute Gasteiger partial charge is 0.254 e. The van der Waals surface area contributed by atoms with Gasteiger partial charge in [-0.2, -0.15) is 5.10 Å². The molecule has 0 saturated heterocycles. The van der Waals surface area contributed by atoms with Crippen molar-refractivity contribution in [3.8, 4) is 0 Å². The predicted octanol–water partition coefficient (Wildman–Crippen LogP) is 2.66. The number of nitrogens with zero attached hydrogens (tertiary/aromatic N) is 2. The summed E-state index contributed by atoms with van der Waals surface area (Å²) in [6.45, 7) is 0.351. The minimum absolute atomic E-state index is 0.186. The van der Waals surface area contributed by atoms with Crippen molar-refractivity contribution in [2.45, 2.75) is 6.54 Å². The summed E-state index contributed by atoms with van der Waals surface area (Å²) >= 11 is 11.8. The highest BCUT2D eigenvalue weighted by Gasteiger charge is 2.08. The van der Waals surface area contributed by atoms with Crippen molar-refractivity contribution in [2.24, 2.45) is 7.05 Å². The van der Waals surface area contributed by atoms with Crippen LogP contribution in [0.5, 0.6) is 0 Å². The van der Waals surface area contributed by atoms with E-state index < -0.39 is 0 Å². The van der Waals surface area contributed by atoms with Crippen LogP contribution in [0.15, 0.2) is 30.6 Å². The van der Waals surface area contributed by atoms with Crippen molar-refractivity contribution in [1.82, 2.24) is 15.1 Å². The lowest BCUT2D eigenvalue weighted by Crippen LogP contribution is -2.22. The van der Waals surface area contributed by atoms with E-state index in [-0.39, 0.29) is 5.91 Å². The van der Waals surface area contributed by atoms with E-state index in [2.05, 4.69) is 10.4 Å². The summed E-state index contributed by atoms with van der Waals surface area (Å²) in [6, 6.07) is 5.17. The first-order valence-corrected chi connectivity index (χ1v) is 6.02. The molecular formula is C12H11Cl2N3O. The zero-order valence-corrected chi connectivity index (χ0v) is 11.2. The Bertz CT molecular complexity index is 580. The minimum atomic E-state index is -0.186. The van der Waals surface area contributed by atoms with E-state index in [9.17, 15) is 4.79 Å². The van der Waals surface area contributed by atoms with Crippen LogP contribution in [0.3, 0.4) is 0 Å². The lowest BCUT2D eigenvalue weighted by Gasteiger charge is -2.06. The third kappa shape index (κ3) is 3.03. The van der Waals surface area contributed by atoms with Crippen LogP contribution < -0.4 is 5.32 Å². The van der Waals surface area contributed by atoms with Crippen molar-refractivity contribution in [3.05, 3.63) is 51.8 Å². The fourth-order valence-corrected chi connectivity index (χ4v) is 1.96. The van der Waals surface area contributed by atoms with Crippen LogP contribution in [0.4, 0.5) is 0 Å². The van der Waals surface area contributed by atoms with Gasteiger partial charge in [-0.3, -0.25) is 9.48 Å². The van der Waals surface area contributed by atoms with Gasteiger partial charge in [-0.25, -0.2) is 0 Å². The average Bonchev–Trinajstić information content (AvgIpc) is 2.74. The van der Waals surface area contributed by atoms with Crippen molar-refractivity contribution in [1.29, 1.82) is 0 Å². The number of amides is 1. The van der Waals surface area contributed by atoms with Crippen LogP contribution >= 0.6 is 23.2 Å². The van der Waals surface area contributed by atoms with Crippen LogP contribution in [-0.2, 0) is 13.6 Å². The Morgan fingerprint density at radius 2 is 2.22 bits per heavy atom. The molecule has 2 rings (SSSR count). The Labute approximate surface area is 115 Å². The highest BCUT2D eigenvalue weighted by molar-refractivity contribution is 6.35. The second-order valence-electron chi connectivity index (χ2n) is 3.82. The van der Waals surface area contributed by atoms with Crippen LogP contribution in [0, 0.1) is 0 Å². The van der Waals surface area contributed by atoms with Crippen LogP contribution in [0.25, 0.3) is 0 Å².